The summed E-state index contributed by atoms with van der Waals surface area (Å²) in [7, 11) is 0. The molecule has 8 heteroatoms. The number of aromatic nitrogens is 2. The van der Waals surface area contributed by atoms with Gasteiger partial charge in [-0.05, 0) is 94.4 Å². The molecule has 2 unspecified atom stereocenters. The van der Waals surface area contributed by atoms with Crippen LogP contribution < -0.4 is 11.1 Å². The van der Waals surface area contributed by atoms with E-state index < -0.39 is 23.5 Å². The predicted octanol–water partition coefficient (Wildman–Crippen LogP) is 7.72. The summed E-state index contributed by atoms with van der Waals surface area (Å²) in [5.74, 6) is -0.0835. The molecule has 194 valence electrons. The van der Waals surface area contributed by atoms with Gasteiger partial charge in [-0.3, -0.25) is 9.59 Å². The van der Waals surface area contributed by atoms with Crippen LogP contribution in [0.5, 0.6) is 0 Å². The molecule has 0 aliphatic heterocycles. The number of aryl methyl sites for hydroxylation is 1. The van der Waals surface area contributed by atoms with E-state index in [1.807, 2.05) is 32.3 Å². The summed E-state index contributed by atoms with van der Waals surface area (Å²) in [6, 6.07) is 2.41. The van der Waals surface area contributed by atoms with E-state index >= 15 is 0 Å². The number of pyridine rings is 2. The van der Waals surface area contributed by atoms with Crippen LogP contribution in [0.4, 0.5) is 13.2 Å². The van der Waals surface area contributed by atoms with Crippen molar-refractivity contribution in [2.45, 2.75) is 110 Å². The van der Waals surface area contributed by atoms with Gasteiger partial charge in [0.05, 0.1) is 0 Å². The minimum atomic E-state index is -4.68. The lowest BCUT2D eigenvalue weighted by molar-refractivity contribution is -0.145. The van der Waals surface area contributed by atoms with Crippen LogP contribution in [0.3, 0.4) is 0 Å². The van der Waals surface area contributed by atoms with Crippen molar-refractivity contribution in [3.8, 4) is 0 Å². The van der Waals surface area contributed by atoms with Crippen LogP contribution in [0.1, 0.15) is 125 Å². The van der Waals surface area contributed by atoms with Crippen LogP contribution >= 0.6 is 11.6 Å². The van der Waals surface area contributed by atoms with Gasteiger partial charge >= 0.3 is 6.18 Å². The molecule has 2 atom stereocenters. The van der Waals surface area contributed by atoms with Crippen LogP contribution in [0.25, 0.3) is 0 Å². The maximum Gasteiger partial charge on any atom is 0.431 e. The maximum absolute atomic E-state index is 13.9. The zero-order valence-corrected chi connectivity index (χ0v) is 22.3. The van der Waals surface area contributed by atoms with Gasteiger partial charge in [0, 0.05) is 23.3 Å². The Labute approximate surface area is 210 Å². The smallest absolute Gasteiger partial charge is 0.310 e. The normalized spacial score (nSPS) is 16.3. The van der Waals surface area contributed by atoms with Gasteiger partial charge in [0.1, 0.15) is 10.7 Å². The Balaban J connectivity index is 1.95. The van der Waals surface area contributed by atoms with E-state index in [0.717, 1.165) is 40.3 Å². The molecule has 4 nitrogen and oxygen atoms in total. The molecule has 0 N–H and O–H groups in total. The second-order valence-electron chi connectivity index (χ2n) is 10.7. The fourth-order valence-corrected chi connectivity index (χ4v) is 5.45. The van der Waals surface area contributed by atoms with Gasteiger partial charge < -0.3 is 9.13 Å². The van der Waals surface area contributed by atoms with Crippen LogP contribution in [-0.4, -0.2) is 9.13 Å². The van der Waals surface area contributed by atoms with Crippen molar-refractivity contribution >= 4 is 11.6 Å². The molecule has 0 bridgehead atoms. The molecule has 0 saturated heterocycles. The molecule has 2 heterocycles. The minimum Gasteiger partial charge on any atom is -0.310 e. The van der Waals surface area contributed by atoms with Crippen LogP contribution in [0.15, 0.2) is 21.7 Å². The molecule has 0 radical (unpaired) electrons. The Hall–Kier alpha value is -2.02. The van der Waals surface area contributed by atoms with Crippen molar-refractivity contribution in [3.05, 3.63) is 65.9 Å². The first-order chi connectivity index (χ1) is 16.2. The monoisotopic (exact) mass is 512 g/mol. The number of hydrogen-bond acceptors (Lipinski definition) is 2. The standard InChI is InChI=1S/C27H36ClF3N2O2/c1-14(2)20-13-22(27(29,30)31)33(26(35)24(20)28)17(6)9-8-16(5)21-12-18(7)32(15(3)4)25(34)23(21)19-10-11-19/h12-17,19H,8-11H2,1-7H3. The second-order valence-corrected chi connectivity index (χ2v) is 11.0. The van der Waals surface area contributed by atoms with Crippen molar-refractivity contribution in [2.75, 3.05) is 0 Å². The van der Waals surface area contributed by atoms with E-state index in [1.54, 1.807) is 20.8 Å². The van der Waals surface area contributed by atoms with E-state index in [9.17, 15) is 22.8 Å². The molecule has 35 heavy (non-hydrogen) atoms. The molecule has 1 aliphatic carbocycles. The minimum absolute atomic E-state index is 0.0308. The first kappa shape index (κ1) is 27.6. The molecule has 2 aromatic heterocycles. The first-order valence-corrected chi connectivity index (χ1v) is 12.8. The van der Waals surface area contributed by atoms with Gasteiger partial charge in [-0.25, -0.2) is 0 Å². The first-order valence-electron chi connectivity index (χ1n) is 12.4. The van der Waals surface area contributed by atoms with Crippen LogP contribution in [0, 0.1) is 6.92 Å². The average Bonchev–Trinajstić information content (AvgIpc) is 3.56. The van der Waals surface area contributed by atoms with Gasteiger partial charge in [0.25, 0.3) is 11.1 Å². The third-order valence-corrected chi connectivity index (χ3v) is 7.50. The van der Waals surface area contributed by atoms with E-state index in [1.165, 1.54) is 0 Å². The largest absolute Gasteiger partial charge is 0.431 e. The fraction of sp³-hybridized carbons (Fsp3) is 0.630. The van der Waals surface area contributed by atoms with E-state index in [0.29, 0.717) is 12.8 Å². The molecule has 2 aromatic rings. The molecular weight excluding hydrogens is 477 g/mol. The summed E-state index contributed by atoms with van der Waals surface area (Å²) in [6.07, 6.45) is -1.82. The van der Waals surface area contributed by atoms with Crippen molar-refractivity contribution in [1.29, 1.82) is 0 Å². The summed E-state index contributed by atoms with van der Waals surface area (Å²) in [5.41, 5.74) is 1.19. The van der Waals surface area contributed by atoms with Gasteiger partial charge in [0.2, 0.25) is 0 Å². The van der Waals surface area contributed by atoms with E-state index in [-0.39, 0.29) is 39.9 Å². The predicted molar refractivity (Wildman–Crippen MR) is 135 cm³/mol. The lowest BCUT2D eigenvalue weighted by atomic mass is 9.89. The molecule has 0 spiro atoms. The molecule has 1 saturated carbocycles. The highest BCUT2D eigenvalue weighted by Gasteiger charge is 2.37. The summed E-state index contributed by atoms with van der Waals surface area (Å²) < 4.78 is 44.4. The van der Waals surface area contributed by atoms with Crippen molar-refractivity contribution < 1.29 is 13.2 Å². The van der Waals surface area contributed by atoms with Crippen molar-refractivity contribution in [2.24, 2.45) is 0 Å². The summed E-state index contributed by atoms with van der Waals surface area (Å²) in [4.78, 5) is 26.2. The second kappa shape index (κ2) is 10.2. The Bertz CT molecular complexity index is 1210. The molecule has 3 rings (SSSR count). The molecule has 0 aromatic carbocycles. The van der Waals surface area contributed by atoms with Gasteiger partial charge in [-0.2, -0.15) is 13.2 Å². The zero-order chi connectivity index (χ0) is 26.4. The number of alkyl halides is 3. The van der Waals surface area contributed by atoms with Crippen molar-refractivity contribution in [3.63, 3.8) is 0 Å². The average molecular weight is 513 g/mol. The van der Waals surface area contributed by atoms with Crippen LogP contribution in [0.2, 0.25) is 5.02 Å². The van der Waals surface area contributed by atoms with E-state index in [2.05, 4.69) is 6.07 Å². The number of hydrogen-bond donors (Lipinski definition) is 0. The third kappa shape index (κ3) is 5.55. The highest BCUT2D eigenvalue weighted by atomic mass is 35.5. The SMILES string of the molecule is Cc1cc(C(C)CCC(C)n2c(C(F)(F)F)cc(C(C)C)c(Cl)c2=O)c(C2CC2)c(=O)n1C(C)C. The summed E-state index contributed by atoms with van der Waals surface area (Å²) in [5, 5.41) is -0.156. The quantitative estimate of drug-likeness (QED) is 0.363. The highest BCUT2D eigenvalue weighted by molar-refractivity contribution is 6.31. The lowest BCUT2D eigenvalue weighted by Gasteiger charge is -2.26. The molecular formula is C27H36ClF3N2O2. The molecule has 0 amide bonds. The Kier molecular flexibility index (Phi) is 8.00. The van der Waals surface area contributed by atoms with E-state index in [4.69, 9.17) is 11.6 Å². The number of halogens is 4. The fourth-order valence-electron chi connectivity index (χ4n) is 5.09. The van der Waals surface area contributed by atoms with Gasteiger partial charge in [0.15, 0.2) is 0 Å². The Morgan fingerprint density at radius 1 is 0.943 bits per heavy atom. The topological polar surface area (TPSA) is 44.0 Å². The Morgan fingerprint density at radius 2 is 1.54 bits per heavy atom. The van der Waals surface area contributed by atoms with Crippen molar-refractivity contribution in [1.82, 2.24) is 9.13 Å². The lowest BCUT2D eigenvalue weighted by Crippen LogP contribution is -2.32. The zero-order valence-electron chi connectivity index (χ0n) is 21.6. The van der Waals surface area contributed by atoms with Crippen LogP contribution in [-0.2, 0) is 6.18 Å². The van der Waals surface area contributed by atoms with Gasteiger partial charge in [-0.1, -0.05) is 32.4 Å². The van der Waals surface area contributed by atoms with Gasteiger partial charge in [-0.15, -0.1) is 0 Å². The Morgan fingerprint density at radius 3 is 2.03 bits per heavy atom. The summed E-state index contributed by atoms with van der Waals surface area (Å²) >= 11 is 6.22. The number of nitrogens with zero attached hydrogens (tertiary/aromatic N) is 2. The number of rotatable bonds is 8. The summed E-state index contributed by atoms with van der Waals surface area (Å²) in [6.45, 7) is 13.0. The third-order valence-electron chi connectivity index (χ3n) is 7.12. The molecule has 1 aliphatic rings. The molecule has 1 fully saturated rings. The maximum atomic E-state index is 13.9. The highest BCUT2D eigenvalue weighted by Crippen LogP contribution is 2.43.